The van der Waals surface area contributed by atoms with Crippen molar-refractivity contribution in [2.45, 2.75) is 0 Å². The number of halogens is 1. The van der Waals surface area contributed by atoms with Crippen LogP contribution < -0.4 is 5.73 Å². The predicted octanol–water partition coefficient (Wildman–Crippen LogP) is 1.84. The van der Waals surface area contributed by atoms with Gasteiger partial charge < -0.3 is 5.73 Å². The van der Waals surface area contributed by atoms with Crippen LogP contribution >= 0.6 is 15.9 Å². The minimum absolute atomic E-state index is 0.0488. The Kier molecular flexibility index (Phi) is 3.43. The molecule has 1 aromatic rings. The SMILES string of the molecule is N#C/C(=C\c1ccc(Br)cc1)C(N)=O. The van der Waals surface area contributed by atoms with E-state index in [9.17, 15) is 4.79 Å². The van der Waals surface area contributed by atoms with Gasteiger partial charge in [-0.25, -0.2) is 0 Å². The molecule has 3 nitrogen and oxygen atoms in total. The molecular weight excluding hydrogens is 244 g/mol. The highest BCUT2D eigenvalue weighted by Gasteiger charge is 2.02. The van der Waals surface area contributed by atoms with Gasteiger partial charge in [0.25, 0.3) is 5.91 Å². The largest absolute Gasteiger partial charge is 0.365 e. The third kappa shape index (κ3) is 2.71. The van der Waals surface area contributed by atoms with E-state index in [4.69, 9.17) is 11.0 Å². The van der Waals surface area contributed by atoms with Crippen molar-refractivity contribution in [3.63, 3.8) is 0 Å². The van der Waals surface area contributed by atoms with E-state index >= 15 is 0 Å². The van der Waals surface area contributed by atoms with Gasteiger partial charge in [-0.3, -0.25) is 4.79 Å². The summed E-state index contributed by atoms with van der Waals surface area (Å²) in [5, 5.41) is 8.58. The van der Waals surface area contributed by atoms with Crippen LogP contribution in [0.15, 0.2) is 34.3 Å². The molecule has 2 N–H and O–H groups in total. The quantitative estimate of drug-likeness (QED) is 0.643. The van der Waals surface area contributed by atoms with E-state index in [1.807, 2.05) is 12.1 Å². The van der Waals surface area contributed by atoms with Crippen molar-refractivity contribution in [2.24, 2.45) is 5.73 Å². The molecule has 0 atom stereocenters. The van der Waals surface area contributed by atoms with Gasteiger partial charge in [0.2, 0.25) is 0 Å². The zero-order chi connectivity index (χ0) is 10.6. The summed E-state index contributed by atoms with van der Waals surface area (Å²) >= 11 is 3.28. The number of hydrogen-bond acceptors (Lipinski definition) is 2. The van der Waals surface area contributed by atoms with Crippen molar-refractivity contribution in [3.8, 4) is 6.07 Å². The Morgan fingerprint density at radius 2 is 2.00 bits per heavy atom. The Bertz CT molecular complexity index is 415. The summed E-state index contributed by atoms with van der Waals surface area (Å²) in [5.74, 6) is -0.713. The van der Waals surface area contributed by atoms with Gasteiger partial charge in [-0.2, -0.15) is 5.26 Å². The van der Waals surface area contributed by atoms with Gasteiger partial charge >= 0.3 is 0 Å². The molecule has 0 aromatic heterocycles. The topological polar surface area (TPSA) is 66.9 Å². The molecule has 0 saturated carbocycles. The fourth-order valence-corrected chi connectivity index (χ4v) is 1.15. The van der Waals surface area contributed by atoms with E-state index in [1.165, 1.54) is 6.08 Å². The van der Waals surface area contributed by atoms with Crippen LogP contribution in [0.5, 0.6) is 0 Å². The maximum atomic E-state index is 10.7. The van der Waals surface area contributed by atoms with Crippen LogP contribution in [0, 0.1) is 11.3 Å². The van der Waals surface area contributed by atoms with Crippen molar-refractivity contribution < 1.29 is 4.79 Å². The van der Waals surface area contributed by atoms with E-state index in [0.717, 1.165) is 10.0 Å². The van der Waals surface area contributed by atoms with Crippen LogP contribution in [0.3, 0.4) is 0 Å². The molecule has 1 rings (SSSR count). The van der Waals surface area contributed by atoms with Gasteiger partial charge in [0.1, 0.15) is 11.6 Å². The fraction of sp³-hybridized carbons (Fsp3) is 0. The number of benzene rings is 1. The molecule has 14 heavy (non-hydrogen) atoms. The smallest absolute Gasteiger partial charge is 0.259 e. The second-order valence-corrected chi connectivity index (χ2v) is 3.50. The van der Waals surface area contributed by atoms with Gasteiger partial charge in [-0.05, 0) is 23.8 Å². The summed E-state index contributed by atoms with van der Waals surface area (Å²) in [7, 11) is 0. The Morgan fingerprint density at radius 3 is 2.43 bits per heavy atom. The van der Waals surface area contributed by atoms with Crippen molar-refractivity contribution >= 4 is 27.9 Å². The highest BCUT2D eigenvalue weighted by Crippen LogP contribution is 2.12. The summed E-state index contributed by atoms with van der Waals surface area (Å²) in [6, 6.07) is 8.95. The second-order valence-electron chi connectivity index (χ2n) is 2.59. The summed E-state index contributed by atoms with van der Waals surface area (Å²) in [5.41, 5.74) is 5.70. The molecule has 1 aromatic carbocycles. The molecular formula is C10H7BrN2O. The highest BCUT2D eigenvalue weighted by atomic mass is 79.9. The molecule has 0 heterocycles. The summed E-state index contributed by atoms with van der Waals surface area (Å²) in [6.07, 6.45) is 1.45. The Hall–Kier alpha value is -1.60. The van der Waals surface area contributed by atoms with Gasteiger partial charge in [0.05, 0.1) is 0 Å². The number of carbonyl (C=O) groups excluding carboxylic acids is 1. The molecule has 0 fully saturated rings. The number of nitrogens with zero attached hydrogens (tertiary/aromatic N) is 1. The summed E-state index contributed by atoms with van der Waals surface area (Å²) in [6.45, 7) is 0. The van der Waals surface area contributed by atoms with Gasteiger partial charge in [-0.15, -0.1) is 0 Å². The lowest BCUT2D eigenvalue weighted by atomic mass is 10.1. The van der Waals surface area contributed by atoms with Gasteiger partial charge in [0, 0.05) is 4.47 Å². The lowest BCUT2D eigenvalue weighted by molar-refractivity contribution is -0.114. The number of nitriles is 1. The molecule has 0 aliphatic rings. The maximum absolute atomic E-state index is 10.7. The maximum Gasteiger partial charge on any atom is 0.259 e. The van der Waals surface area contributed by atoms with E-state index < -0.39 is 5.91 Å². The third-order valence-electron chi connectivity index (χ3n) is 1.57. The Balaban J connectivity index is 3.03. The van der Waals surface area contributed by atoms with E-state index in [2.05, 4.69) is 15.9 Å². The lowest BCUT2D eigenvalue weighted by Crippen LogP contribution is -2.12. The van der Waals surface area contributed by atoms with Crippen LogP contribution in [0.2, 0.25) is 0 Å². The van der Waals surface area contributed by atoms with Gasteiger partial charge in [0.15, 0.2) is 0 Å². The van der Waals surface area contributed by atoms with Gasteiger partial charge in [-0.1, -0.05) is 28.1 Å². The molecule has 0 unspecified atom stereocenters. The summed E-state index contributed by atoms with van der Waals surface area (Å²) in [4.78, 5) is 10.7. The second kappa shape index (κ2) is 4.58. The van der Waals surface area contributed by atoms with Crippen molar-refractivity contribution in [2.75, 3.05) is 0 Å². The molecule has 4 heteroatoms. The normalized spacial score (nSPS) is 10.7. The molecule has 0 spiro atoms. The number of primary amides is 1. The van der Waals surface area contributed by atoms with Crippen molar-refractivity contribution in [1.29, 1.82) is 5.26 Å². The van der Waals surface area contributed by atoms with Crippen LogP contribution in [0.4, 0.5) is 0 Å². The number of carbonyl (C=O) groups is 1. The molecule has 0 aliphatic carbocycles. The van der Waals surface area contributed by atoms with Crippen LogP contribution in [0.25, 0.3) is 6.08 Å². The van der Waals surface area contributed by atoms with Crippen molar-refractivity contribution in [1.82, 2.24) is 0 Å². The highest BCUT2D eigenvalue weighted by molar-refractivity contribution is 9.10. The lowest BCUT2D eigenvalue weighted by Gasteiger charge is -1.94. The van der Waals surface area contributed by atoms with E-state index in [0.29, 0.717) is 0 Å². The third-order valence-corrected chi connectivity index (χ3v) is 2.10. The molecule has 0 radical (unpaired) electrons. The molecule has 1 amide bonds. The molecule has 70 valence electrons. The summed E-state index contributed by atoms with van der Waals surface area (Å²) < 4.78 is 0.937. The van der Waals surface area contributed by atoms with Crippen LogP contribution in [-0.4, -0.2) is 5.91 Å². The van der Waals surface area contributed by atoms with E-state index in [-0.39, 0.29) is 5.57 Å². The minimum atomic E-state index is -0.713. The van der Waals surface area contributed by atoms with E-state index in [1.54, 1.807) is 18.2 Å². The first kappa shape index (κ1) is 10.5. The zero-order valence-electron chi connectivity index (χ0n) is 7.20. The molecule has 0 bridgehead atoms. The predicted molar refractivity (Wildman–Crippen MR) is 56.9 cm³/mol. The number of nitrogens with two attached hydrogens (primary N) is 1. The number of rotatable bonds is 2. The first-order valence-corrected chi connectivity index (χ1v) is 4.60. The fourth-order valence-electron chi connectivity index (χ4n) is 0.884. The number of hydrogen-bond donors (Lipinski definition) is 1. The number of amides is 1. The molecule has 0 saturated heterocycles. The Morgan fingerprint density at radius 1 is 1.43 bits per heavy atom. The first-order valence-electron chi connectivity index (χ1n) is 3.80. The minimum Gasteiger partial charge on any atom is -0.365 e. The average molecular weight is 251 g/mol. The van der Waals surface area contributed by atoms with Crippen LogP contribution in [-0.2, 0) is 4.79 Å². The average Bonchev–Trinajstić information content (AvgIpc) is 2.16. The Labute approximate surface area is 90.0 Å². The first-order chi connectivity index (χ1) is 6.63. The van der Waals surface area contributed by atoms with Crippen molar-refractivity contribution in [3.05, 3.63) is 39.9 Å². The zero-order valence-corrected chi connectivity index (χ0v) is 8.78. The van der Waals surface area contributed by atoms with Crippen LogP contribution in [0.1, 0.15) is 5.56 Å². The monoisotopic (exact) mass is 250 g/mol. The molecule has 0 aliphatic heterocycles. The standard InChI is InChI=1S/C10H7BrN2O/c11-9-3-1-7(2-4-9)5-8(6-12)10(13)14/h1-5H,(H2,13,14)/b8-5+.